The van der Waals surface area contributed by atoms with Crippen LogP contribution < -0.4 is 4.74 Å². The second-order valence-electron chi connectivity index (χ2n) is 6.16. The number of nitro benzene ring substituents is 1. The molecule has 9 heteroatoms. The summed E-state index contributed by atoms with van der Waals surface area (Å²) in [7, 11) is 0. The summed E-state index contributed by atoms with van der Waals surface area (Å²) < 4.78 is 12.9. The van der Waals surface area contributed by atoms with Crippen LogP contribution in [0.25, 0.3) is 6.08 Å². The number of cyclic esters (lactones) is 1. The molecule has 0 spiro atoms. The maximum Gasteiger partial charge on any atom is 0.363 e. The minimum atomic E-state index is -0.597. The number of aliphatic imine (C=N–C) groups is 1. The molecule has 0 saturated carbocycles. The van der Waals surface area contributed by atoms with E-state index in [4.69, 9.17) is 9.47 Å². The fourth-order valence-electron chi connectivity index (χ4n) is 2.56. The molecule has 0 amide bonds. The Morgan fingerprint density at radius 3 is 2.62 bits per heavy atom. The minimum absolute atomic E-state index is 0.0499. The first-order valence-corrected chi connectivity index (χ1v) is 10.9. The van der Waals surface area contributed by atoms with Gasteiger partial charge in [-0.05, 0) is 81.4 Å². The number of carbonyl (C=O) groups excluding carboxylic acids is 1. The Balaban J connectivity index is 1.87. The van der Waals surface area contributed by atoms with Gasteiger partial charge in [0, 0.05) is 17.7 Å². The average molecular weight is 618 g/mol. The molecule has 1 aliphatic rings. The van der Waals surface area contributed by atoms with E-state index in [1.165, 1.54) is 18.2 Å². The summed E-state index contributed by atoms with van der Waals surface area (Å²) in [5.41, 5.74) is 1.21. The summed E-state index contributed by atoms with van der Waals surface area (Å²) in [5.74, 6) is 0.283. The van der Waals surface area contributed by atoms with Crippen molar-refractivity contribution in [1.82, 2.24) is 0 Å². The van der Waals surface area contributed by atoms with E-state index in [1.54, 1.807) is 12.1 Å². The first-order chi connectivity index (χ1) is 13.9. The number of hydrogen-bond acceptors (Lipinski definition) is 6. The maximum atomic E-state index is 12.2. The lowest BCUT2D eigenvalue weighted by Gasteiger charge is -2.11. The van der Waals surface area contributed by atoms with Gasteiger partial charge in [-0.3, -0.25) is 10.1 Å². The molecule has 1 aliphatic heterocycles. The van der Waals surface area contributed by atoms with Crippen LogP contribution in [-0.2, 0) is 9.53 Å². The maximum absolute atomic E-state index is 12.2. The van der Waals surface area contributed by atoms with E-state index >= 15 is 0 Å². The second-order valence-corrected chi connectivity index (χ2v) is 8.48. The monoisotopic (exact) mass is 618 g/mol. The van der Waals surface area contributed by atoms with Crippen LogP contribution in [0.15, 0.2) is 47.1 Å². The van der Waals surface area contributed by atoms with Crippen molar-refractivity contribution >= 4 is 68.8 Å². The van der Waals surface area contributed by atoms with Gasteiger partial charge in [-0.25, -0.2) is 9.79 Å². The third-order valence-corrected chi connectivity index (χ3v) is 5.60. The highest BCUT2D eigenvalue weighted by atomic mass is 127. The zero-order chi connectivity index (χ0) is 21.0. The molecule has 7 nitrogen and oxygen atoms in total. The van der Waals surface area contributed by atoms with Crippen LogP contribution in [0.2, 0.25) is 0 Å². The summed E-state index contributed by atoms with van der Waals surface area (Å²) in [6, 6.07) is 9.63. The summed E-state index contributed by atoms with van der Waals surface area (Å²) >= 11 is 4.41. The minimum Gasteiger partial charge on any atom is -0.491 e. The van der Waals surface area contributed by atoms with Gasteiger partial charge in [-0.2, -0.15) is 0 Å². The molecule has 0 radical (unpaired) electrons. The molecule has 0 N–H and O–H groups in total. The lowest BCUT2D eigenvalue weighted by atomic mass is 10.2. The van der Waals surface area contributed by atoms with E-state index in [-0.39, 0.29) is 17.3 Å². The molecule has 0 aromatic heterocycles. The number of esters is 1. The molecule has 0 fully saturated rings. The molecule has 29 heavy (non-hydrogen) atoms. The van der Waals surface area contributed by atoms with E-state index in [1.807, 2.05) is 12.1 Å². The van der Waals surface area contributed by atoms with Crippen LogP contribution in [0.1, 0.15) is 30.9 Å². The number of halogens is 2. The SMILES string of the molecule is CCCCOc1c(I)cc(/C=C2\N=C(c3cccc([N+](=O)[O-])c3)OC2=O)cc1I. The predicted octanol–water partition coefficient (Wildman–Crippen LogP) is 5.33. The fourth-order valence-corrected chi connectivity index (χ4v) is 4.69. The van der Waals surface area contributed by atoms with Gasteiger partial charge in [0.2, 0.25) is 5.90 Å². The van der Waals surface area contributed by atoms with Crippen LogP contribution in [0.4, 0.5) is 5.69 Å². The predicted molar refractivity (Wildman–Crippen MR) is 126 cm³/mol. The molecule has 0 aliphatic carbocycles. The van der Waals surface area contributed by atoms with E-state index in [9.17, 15) is 14.9 Å². The Labute approximate surface area is 194 Å². The van der Waals surface area contributed by atoms with Crippen LogP contribution in [0, 0.1) is 17.3 Å². The van der Waals surface area contributed by atoms with Crippen molar-refractivity contribution in [3.63, 3.8) is 0 Å². The topological polar surface area (TPSA) is 91.0 Å². The van der Waals surface area contributed by atoms with Crippen LogP contribution >= 0.6 is 45.2 Å². The average Bonchev–Trinajstić information content (AvgIpc) is 3.04. The van der Waals surface area contributed by atoms with Gasteiger partial charge in [-0.15, -0.1) is 0 Å². The highest BCUT2D eigenvalue weighted by molar-refractivity contribution is 14.1. The number of nitrogens with zero attached hydrogens (tertiary/aromatic N) is 2. The van der Waals surface area contributed by atoms with E-state index < -0.39 is 10.9 Å². The van der Waals surface area contributed by atoms with E-state index in [0.29, 0.717) is 12.2 Å². The molecule has 3 rings (SSSR count). The molecule has 0 saturated heterocycles. The molecule has 2 aromatic carbocycles. The number of unbranched alkanes of at least 4 members (excludes halogenated alkanes) is 1. The van der Waals surface area contributed by atoms with Gasteiger partial charge in [0.25, 0.3) is 5.69 Å². The van der Waals surface area contributed by atoms with Gasteiger partial charge in [0.15, 0.2) is 5.70 Å². The Kier molecular flexibility index (Phi) is 7.22. The third-order valence-electron chi connectivity index (χ3n) is 3.99. The summed E-state index contributed by atoms with van der Waals surface area (Å²) in [6.07, 6.45) is 3.68. The highest BCUT2D eigenvalue weighted by Crippen LogP contribution is 2.31. The Bertz CT molecular complexity index is 1010. The zero-order valence-electron chi connectivity index (χ0n) is 15.4. The van der Waals surface area contributed by atoms with Crippen LogP contribution in [-0.4, -0.2) is 23.4 Å². The fraction of sp³-hybridized carbons (Fsp3) is 0.200. The lowest BCUT2D eigenvalue weighted by Crippen LogP contribution is -2.05. The molecular formula is C20H16I2N2O5. The van der Waals surface area contributed by atoms with Gasteiger partial charge in [-0.1, -0.05) is 19.4 Å². The van der Waals surface area contributed by atoms with Gasteiger partial charge < -0.3 is 9.47 Å². The number of benzene rings is 2. The summed E-state index contributed by atoms with van der Waals surface area (Å²) in [4.78, 5) is 26.9. The van der Waals surface area contributed by atoms with Gasteiger partial charge in [0.1, 0.15) is 5.75 Å². The van der Waals surface area contributed by atoms with Crippen molar-refractivity contribution in [2.24, 2.45) is 4.99 Å². The van der Waals surface area contributed by atoms with E-state index in [0.717, 1.165) is 31.3 Å². The van der Waals surface area contributed by atoms with Crippen molar-refractivity contribution < 1.29 is 19.2 Å². The molecule has 150 valence electrons. The van der Waals surface area contributed by atoms with Crippen molar-refractivity contribution in [1.29, 1.82) is 0 Å². The highest BCUT2D eigenvalue weighted by Gasteiger charge is 2.25. The van der Waals surface area contributed by atoms with Crippen molar-refractivity contribution in [3.8, 4) is 5.75 Å². The summed E-state index contributed by atoms with van der Waals surface area (Å²) in [5, 5.41) is 10.9. The normalized spacial score (nSPS) is 14.7. The summed E-state index contributed by atoms with van der Waals surface area (Å²) in [6.45, 7) is 2.77. The smallest absolute Gasteiger partial charge is 0.363 e. The number of non-ortho nitro benzene ring substituents is 1. The Morgan fingerprint density at radius 2 is 1.97 bits per heavy atom. The van der Waals surface area contributed by atoms with Crippen molar-refractivity contribution in [2.75, 3.05) is 6.61 Å². The van der Waals surface area contributed by atoms with E-state index in [2.05, 4.69) is 57.1 Å². The van der Waals surface area contributed by atoms with Gasteiger partial charge >= 0.3 is 5.97 Å². The Hall–Kier alpha value is -2.02. The molecule has 0 bridgehead atoms. The molecule has 0 unspecified atom stereocenters. The third kappa shape index (κ3) is 5.32. The molecule has 2 aromatic rings. The van der Waals surface area contributed by atoms with Crippen LogP contribution in [0.3, 0.4) is 0 Å². The van der Waals surface area contributed by atoms with Crippen molar-refractivity contribution in [3.05, 3.63) is 70.5 Å². The quantitative estimate of drug-likeness (QED) is 0.105. The molecular weight excluding hydrogens is 602 g/mol. The van der Waals surface area contributed by atoms with Crippen LogP contribution in [0.5, 0.6) is 5.75 Å². The number of nitro groups is 1. The van der Waals surface area contributed by atoms with Crippen molar-refractivity contribution in [2.45, 2.75) is 19.8 Å². The number of hydrogen-bond donors (Lipinski definition) is 0. The molecule has 0 atom stereocenters. The standard InChI is InChI=1S/C20H16I2N2O5/c1-2-3-7-28-18-15(21)8-12(9-16(18)22)10-17-20(25)29-19(23-17)13-5-4-6-14(11-13)24(26)27/h4-6,8-11H,2-3,7H2,1H3/b17-10-. The Morgan fingerprint density at radius 1 is 1.24 bits per heavy atom. The van der Waals surface area contributed by atoms with Gasteiger partial charge in [0.05, 0.1) is 18.7 Å². The molecule has 1 heterocycles. The number of carbonyl (C=O) groups is 1. The largest absolute Gasteiger partial charge is 0.491 e. The number of rotatable bonds is 7. The zero-order valence-corrected chi connectivity index (χ0v) is 19.7. The first-order valence-electron chi connectivity index (χ1n) is 8.78. The lowest BCUT2D eigenvalue weighted by molar-refractivity contribution is -0.384. The first kappa shape index (κ1) is 21.7. The number of ether oxygens (including phenoxy) is 2. The second kappa shape index (κ2) is 9.65.